The summed E-state index contributed by atoms with van der Waals surface area (Å²) in [6.45, 7) is 0.813. The molecule has 1 heterocycles. The molecular formula is C13H13N2O+. The highest BCUT2D eigenvalue weighted by Crippen LogP contribution is 1.98. The maximum absolute atomic E-state index is 8.46. The summed E-state index contributed by atoms with van der Waals surface area (Å²) in [6, 6.07) is 14.0. The van der Waals surface area contributed by atoms with E-state index in [4.69, 9.17) is 5.21 Å². The van der Waals surface area contributed by atoms with Gasteiger partial charge in [-0.3, -0.25) is 0 Å². The van der Waals surface area contributed by atoms with Crippen molar-refractivity contribution >= 4 is 6.21 Å². The molecule has 0 aliphatic heterocycles. The Balaban J connectivity index is 2.19. The van der Waals surface area contributed by atoms with Crippen LogP contribution < -0.4 is 4.57 Å². The minimum Gasteiger partial charge on any atom is -0.411 e. The molecule has 0 saturated heterocycles. The van der Waals surface area contributed by atoms with E-state index in [9.17, 15) is 0 Å². The molecule has 0 atom stereocenters. The second-order valence-electron chi connectivity index (χ2n) is 3.54. The molecule has 0 aliphatic carbocycles. The number of hydrogen-bond acceptors (Lipinski definition) is 2. The molecule has 0 bridgehead atoms. The van der Waals surface area contributed by atoms with Gasteiger partial charge < -0.3 is 5.21 Å². The first-order valence-electron chi connectivity index (χ1n) is 5.09. The van der Waals surface area contributed by atoms with E-state index >= 15 is 0 Å². The Morgan fingerprint density at radius 3 is 2.69 bits per heavy atom. The van der Waals surface area contributed by atoms with E-state index in [0.717, 1.165) is 12.1 Å². The van der Waals surface area contributed by atoms with E-state index in [2.05, 4.69) is 17.3 Å². The topological polar surface area (TPSA) is 36.5 Å². The van der Waals surface area contributed by atoms with Crippen LogP contribution in [0.2, 0.25) is 0 Å². The predicted molar refractivity (Wildman–Crippen MR) is 61.6 cm³/mol. The van der Waals surface area contributed by atoms with Gasteiger partial charge in [0.05, 0.1) is 11.8 Å². The van der Waals surface area contributed by atoms with Crippen molar-refractivity contribution in [3.63, 3.8) is 0 Å². The lowest BCUT2D eigenvalue weighted by Gasteiger charge is -1.97. The average molecular weight is 213 g/mol. The lowest BCUT2D eigenvalue weighted by atomic mass is 10.2. The number of pyridine rings is 1. The van der Waals surface area contributed by atoms with Gasteiger partial charge >= 0.3 is 0 Å². The molecule has 1 aromatic heterocycles. The maximum Gasteiger partial charge on any atom is 0.178 e. The molecule has 3 nitrogen and oxygen atoms in total. The number of aromatic nitrogens is 1. The van der Waals surface area contributed by atoms with Gasteiger partial charge in [0.25, 0.3) is 0 Å². The zero-order valence-corrected chi connectivity index (χ0v) is 8.82. The Bertz CT molecular complexity index is 480. The summed E-state index contributed by atoms with van der Waals surface area (Å²) in [6.07, 6.45) is 5.34. The number of oxime groups is 1. The first-order valence-corrected chi connectivity index (χ1v) is 5.09. The maximum atomic E-state index is 8.46. The number of rotatable bonds is 3. The summed E-state index contributed by atoms with van der Waals surface area (Å²) < 4.78 is 2.05. The average Bonchev–Trinajstić information content (AvgIpc) is 2.31. The standard InChI is InChI=1S/C13H12N2O/c16-14-9-13-7-4-8-15(11-13)10-12-5-2-1-3-6-12/h1-9,11H,10H2/p+1/b14-9+. The third-order valence-corrected chi connectivity index (χ3v) is 2.30. The van der Waals surface area contributed by atoms with Gasteiger partial charge in [-0.15, -0.1) is 0 Å². The molecule has 0 spiro atoms. The van der Waals surface area contributed by atoms with Crippen molar-refractivity contribution in [2.45, 2.75) is 6.54 Å². The Morgan fingerprint density at radius 2 is 1.94 bits per heavy atom. The van der Waals surface area contributed by atoms with Crippen molar-refractivity contribution in [3.8, 4) is 0 Å². The second-order valence-corrected chi connectivity index (χ2v) is 3.54. The first-order chi connectivity index (χ1) is 7.88. The minimum absolute atomic E-state index is 0.813. The van der Waals surface area contributed by atoms with Crippen LogP contribution in [-0.4, -0.2) is 11.4 Å². The van der Waals surface area contributed by atoms with Gasteiger partial charge in [-0.25, -0.2) is 4.57 Å². The zero-order chi connectivity index (χ0) is 11.2. The van der Waals surface area contributed by atoms with Crippen LogP contribution in [0, 0.1) is 0 Å². The van der Waals surface area contributed by atoms with E-state index in [-0.39, 0.29) is 0 Å². The molecule has 1 aromatic carbocycles. The van der Waals surface area contributed by atoms with E-state index in [1.54, 1.807) is 0 Å². The largest absolute Gasteiger partial charge is 0.411 e. The monoisotopic (exact) mass is 213 g/mol. The Hall–Kier alpha value is -2.16. The number of hydrogen-bond donors (Lipinski definition) is 1. The summed E-state index contributed by atoms with van der Waals surface area (Å²) in [4.78, 5) is 0. The van der Waals surface area contributed by atoms with Crippen molar-refractivity contribution in [2.24, 2.45) is 5.16 Å². The molecule has 1 N–H and O–H groups in total. The van der Waals surface area contributed by atoms with Crippen LogP contribution in [0.25, 0.3) is 0 Å². The van der Waals surface area contributed by atoms with Gasteiger partial charge in [0.2, 0.25) is 0 Å². The highest BCUT2D eigenvalue weighted by atomic mass is 16.4. The fourth-order valence-electron chi connectivity index (χ4n) is 1.58. The van der Waals surface area contributed by atoms with Gasteiger partial charge in [0.15, 0.2) is 18.9 Å². The molecule has 2 aromatic rings. The number of benzene rings is 1. The third kappa shape index (κ3) is 2.67. The first kappa shape index (κ1) is 10.4. The van der Waals surface area contributed by atoms with Gasteiger partial charge in [0, 0.05) is 11.6 Å². The van der Waals surface area contributed by atoms with E-state index in [1.807, 2.05) is 47.3 Å². The van der Waals surface area contributed by atoms with Gasteiger partial charge in [0.1, 0.15) is 0 Å². The smallest absolute Gasteiger partial charge is 0.178 e. The quantitative estimate of drug-likeness (QED) is 0.359. The molecule has 0 amide bonds. The predicted octanol–water partition coefficient (Wildman–Crippen LogP) is 1.83. The van der Waals surface area contributed by atoms with E-state index in [1.165, 1.54) is 11.8 Å². The van der Waals surface area contributed by atoms with Crippen LogP contribution in [0.5, 0.6) is 0 Å². The van der Waals surface area contributed by atoms with Crippen LogP contribution in [0.15, 0.2) is 60.0 Å². The summed E-state index contributed by atoms with van der Waals surface area (Å²) in [7, 11) is 0. The molecular weight excluding hydrogens is 200 g/mol. The minimum atomic E-state index is 0.813. The summed E-state index contributed by atoms with van der Waals surface area (Å²) in [5.74, 6) is 0. The lowest BCUT2D eigenvalue weighted by Crippen LogP contribution is -2.33. The summed E-state index contributed by atoms with van der Waals surface area (Å²) >= 11 is 0. The van der Waals surface area contributed by atoms with Crippen molar-refractivity contribution in [2.75, 3.05) is 0 Å². The molecule has 0 radical (unpaired) electrons. The van der Waals surface area contributed by atoms with Crippen LogP contribution in [0.3, 0.4) is 0 Å². The zero-order valence-electron chi connectivity index (χ0n) is 8.82. The number of nitrogens with zero attached hydrogens (tertiary/aromatic N) is 2. The van der Waals surface area contributed by atoms with Crippen LogP contribution in [-0.2, 0) is 6.54 Å². The van der Waals surface area contributed by atoms with E-state index in [0.29, 0.717) is 0 Å². The van der Waals surface area contributed by atoms with Crippen molar-refractivity contribution in [1.29, 1.82) is 0 Å². The molecule has 2 rings (SSSR count). The molecule has 0 fully saturated rings. The summed E-state index contributed by atoms with van der Waals surface area (Å²) in [5.41, 5.74) is 2.12. The SMILES string of the molecule is O/N=C/c1ccc[n+](Cc2ccccc2)c1. The third-order valence-electron chi connectivity index (χ3n) is 2.30. The molecule has 0 unspecified atom stereocenters. The van der Waals surface area contributed by atoms with Gasteiger partial charge in [-0.05, 0) is 6.07 Å². The lowest BCUT2D eigenvalue weighted by molar-refractivity contribution is -0.688. The molecule has 80 valence electrons. The molecule has 0 aliphatic rings. The molecule has 3 heteroatoms. The molecule has 0 saturated carbocycles. The van der Waals surface area contributed by atoms with Gasteiger partial charge in [-0.2, -0.15) is 0 Å². The second kappa shape index (κ2) is 5.07. The molecule has 16 heavy (non-hydrogen) atoms. The van der Waals surface area contributed by atoms with Gasteiger partial charge in [-0.1, -0.05) is 35.5 Å². The normalized spacial score (nSPS) is 10.8. The van der Waals surface area contributed by atoms with Crippen molar-refractivity contribution in [1.82, 2.24) is 0 Å². The van der Waals surface area contributed by atoms with Crippen molar-refractivity contribution in [3.05, 3.63) is 66.0 Å². The Morgan fingerprint density at radius 1 is 1.12 bits per heavy atom. The summed E-state index contributed by atoms with van der Waals surface area (Å²) in [5, 5.41) is 11.5. The van der Waals surface area contributed by atoms with E-state index < -0.39 is 0 Å². The Kier molecular flexibility index (Phi) is 3.28. The van der Waals surface area contributed by atoms with Crippen LogP contribution >= 0.6 is 0 Å². The van der Waals surface area contributed by atoms with Crippen LogP contribution in [0.1, 0.15) is 11.1 Å². The van der Waals surface area contributed by atoms with Crippen LogP contribution in [0.4, 0.5) is 0 Å². The Labute approximate surface area is 94.3 Å². The fraction of sp³-hybridized carbons (Fsp3) is 0.0769. The highest BCUT2D eigenvalue weighted by Gasteiger charge is 2.02. The van der Waals surface area contributed by atoms with Crippen molar-refractivity contribution < 1.29 is 9.77 Å². The highest BCUT2D eigenvalue weighted by molar-refractivity contribution is 5.77. The fourth-order valence-corrected chi connectivity index (χ4v) is 1.58.